The first kappa shape index (κ1) is 28.3. The van der Waals surface area contributed by atoms with Crippen molar-refractivity contribution in [3.8, 4) is 0 Å². The van der Waals surface area contributed by atoms with Crippen LogP contribution in [0.5, 0.6) is 0 Å². The van der Waals surface area contributed by atoms with Gasteiger partial charge in [-0.3, -0.25) is 9.80 Å². The third-order valence-electron chi connectivity index (χ3n) is 6.38. The van der Waals surface area contributed by atoms with Crippen molar-refractivity contribution in [3.63, 3.8) is 0 Å². The average molecular weight is 477 g/mol. The minimum Gasteiger partial charge on any atom is -0.400 e. The van der Waals surface area contributed by atoms with Gasteiger partial charge in [-0.25, -0.2) is 8.78 Å². The van der Waals surface area contributed by atoms with E-state index in [0.29, 0.717) is 24.2 Å². The molecule has 4 atom stereocenters. The topological polar surface area (TPSA) is 50.8 Å². The van der Waals surface area contributed by atoms with Crippen molar-refractivity contribution in [1.82, 2.24) is 20.4 Å². The Labute approximate surface area is 204 Å². The molecular formula is C27H42F2N4O. The van der Waals surface area contributed by atoms with Crippen LogP contribution in [0.2, 0.25) is 0 Å². The minimum atomic E-state index is -0.162. The zero-order chi connectivity index (χ0) is 25.1. The monoisotopic (exact) mass is 476 g/mol. The van der Waals surface area contributed by atoms with Crippen molar-refractivity contribution < 1.29 is 13.9 Å². The molecule has 2 heterocycles. The lowest BCUT2D eigenvalue weighted by atomic mass is 10.1. The van der Waals surface area contributed by atoms with Crippen LogP contribution in [0.25, 0.3) is 0 Å². The fourth-order valence-electron chi connectivity index (χ4n) is 4.28. The maximum absolute atomic E-state index is 12.8. The van der Waals surface area contributed by atoms with Gasteiger partial charge in [0.1, 0.15) is 11.6 Å². The van der Waals surface area contributed by atoms with Crippen molar-refractivity contribution >= 4 is 0 Å². The van der Waals surface area contributed by atoms with Gasteiger partial charge in [0.25, 0.3) is 0 Å². The minimum absolute atomic E-state index is 0.162. The predicted molar refractivity (Wildman–Crippen MR) is 136 cm³/mol. The molecule has 2 saturated heterocycles. The Morgan fingerprint density at radius 1 is 0.676 bits per heavy atom. The van der Waals surface area contributed by atoms with Crippen LogP contribution in [0.1, 0.15) is 38.8 Å². The molecule has 2 aromatic rings. The third-order valence-corrected chi connectivity index (χ3v) is 6.38. The zero-order valence-corrected chi connectivity index (χ0v) is 21.3. The number of aliphatic hydroxyl groups is 1. The number of rotatable bonds is 4. The normalized spacial score (nSPS) is 25.5. The summed E-state index contributed by atoms with van der Waals surface area (Å²) in [6.45, 7) is 14.8. The van der Waals surface area contributed by atoms with Crippen LogP contribution in [-0.2, 0) is 13.1 Å². The van der Waals surface area contributed by atoms with E-state index < -0.39 is 0 Å². The summed E-state index contributed by atoms with van der Waals surface area (Å²) in [4.78, 5) is 4.88. The highest BCUT2D eigenvalue weighted by atomic mass is 19.1. The number of nitrogens with zero attached hydrogens (tertiary/aromatic N) is 2. The quantitative estimate of drug-likeness (QED) is 0.629. The summed E-state index contributed by atoms with van der Waals surface area (Å²) < 4.78 is 25.6. The van der Waals surface area contributed by atoms with Crippen molar-refractivity contribution in [3.05, 3.63) is 71.3 Å². The Hall–Kier alpha value is -1.90. The van der Waals surface area contributed by atoms with Crippen LogP contribution in [-0.4, -0.2) is 72.4 Å². The average Bonchev–Trinajstić information content (AvgIpc) is 2.83. The van der Waals surface area contributed by atoms with E-state index in [1.165, 1.54) is 35.4 Å². The van der Waals surface area contributed by atoms with Crippen LogP contribution in [0.4, 0.5) is 8.78 Å². The first-order valence-electron chi connectivity index (χ1n) is 12.2. The molecule has 0 bridgehead atoms. The molecule has 0 unspecified atom stereocenters. The van der Waals surface area contributed by atoms with Gasteiger partial charge in [0, 0.05) is 70.5 Å². The standard InChI is InChI=1S/2C13H19FN2.CH4O/c2*1-10-8-16(11(2)7-15-10)9-12-3-5-13(14)6-4-12;1-2/h2*3-6,10-11,15H,7-9H2,1-2H3;2H,1H3/t2*10-,11+;/m11./s1. The van der Waals surface area contributed by atoms with Gasteiger partial charge in [0.2, 0.25) is 0 Å². The number of halogens is 2. The molecule has 5 nitrogen and oxygen atoms in total. The van der Waals surface area contributed by atoms with Crippen LogP contribution >= 0.6 is 0 Å². The largest absolute Gasteiger partial charge is 0.400 e. The summed E-state index contributed by atoms with van der Waals surface area (Å²) in [5, 5.41) is 13.9. The predicted octanol–water partition coefficient (Wildman–Crippen LogP) is 3.62. The molecule has 34 heavy (non-hydrogen) atoms. The third kappa shape index (κ3) is 9.39. The molecule has 2 fully saturated rings. The van der Waals surface area contributed by atoms with E-state index in [4.69, 9.17) is 5.11 Å². The molecule has 0 aliphatic carbocycles. The number of benzene rings is 2. The summed E-state index contributed by atoms with van der Waals surface area (Å²) in [5.74, 6) is -0.323. The molecule has 0 saturated carbocycles. The van der Waals surface area contributed by atoms with Gasteiger partial charge >= 0.3 is 0 Å². The summed E-state index contributed by atoms with van der Waals surface area (Å²) in [6, 6.07) is 15.8. The van der Waals surface area contributed by atoms with Crippen LogP contribution < -0.4 is 10.6 Å². The van der Waals surface area contributed by atoms with Crippen molar-refractivity contribution in [1.29, 1.82) is 0 Å². The first-order chi connectivity index (χ1) is 16.3. The lowest BCUT2D eigenvalue weighted by Gasteiger charge is -2.37. The van der Waals surface area contributed by atoms with Crippen molar-refractivity contribution in [2.24, 2.45) is 0 Å². The highest BCUT2D eigenvalue weighted by Gasteiger charge is 2.23. The van der Waals surface area contributed by atoms with E-state index in [0.717, 1.165) is 46.4 Å². The van der Waals surface area contributed by atoms with Gasteiger partial charge < -0.3 is 15.7 Å². The van der Waals surface area contributed by atoms with Gasteiger partial charge in [-0.05, 0) is 63.1 Å². The van der Waals surface area contributed by atoms with E-state index in [1.54, 1.807) is 0 Å². The van der Waals surface area contributed by atoms with E-state index in [-0.39, 0.29) is 11.6 Å². The molecule has 0 aromatic heterocycles. The lowest BCUT2D eigenvalue weighted by Crippen LogP contribution is -2.53. The maximum Gasteiger partial charge on any atom is 0.123 e. The number of nitrogens with one attached hydrogen (secondary N) is 2. The number of aliphatic hydroxyl groups excluding tert-OH is 1. The molecule has 2 aliphatic rings. The molecule has 0 spiro atoms. The smallest absolute Gasteiger partial charge is 0.123 e. The van der Waals surface area contributed by atoms with Crippen LogP contribution in [0, 0.1) is 11.6 Å². The summed E-state index contributed by atoms with van der Waals surface area (Å²) >= 11 is 0. The first-order valence-corrected chi connectivity index (χ1v) is 12.2. The Morgan fingerprint density at radius 3 is 1.32 bits per heavy atom. The Kier molecular flexibility index (Phi) is 12.1. The zero-order valence-electron chi connectivity index (χ0n) is 21.3. The lowest BCUT2D eigenvalue weighted by molar-refractivity contribution is 0.139. The summed E-state index contributed by atoms with van der Waals surface area (Å²) in [7, 11) is 1.00. The fourth-order valence-corrected chi connectivity index (χ4v) is 4.28. The second-order valence-corrected chi connectivity index (χ2v) is 9.43. The Bertz CT molecular complexity index is 749. The summed E-state index contributed by atoms with van der Waals surface area (Å²) in [6.07, 6.45) is 0. The highest BCUT2D eigenvalue weighted by molar-refractivity contribution is 5.17. The van der Waals surface area contributed by atoms with Gasteiger partial charge in [0.15, 0.2) is 0 Å². The molecule has 0 amide bonds. The van der Waals surface area contributed by atoms with E-state index >= 15 is 0 Å². The molecule has 2 aromatic carbocycles. The van der Waals surface area contributed by atoms with Gasteiger partial charge in [-0.1, -0.05) is 24.3 Å². The van der Waals surface area contributed by atoms with Gasteiger partial charge in [0.05, 0.1) is 0 Å². The SMILES string of the molecule is CO.C[C@@H]1CN(Cc2ccc(F)cc2)[C@@H](C)CN1.C[C@@H]1CN(Cc2ccc(F)cc2)[C@@H](C)CN1. The molecule has 7 heteroatoms. The molecule has 3 N–H and O–H groups in total. The molecule has 190 valence electrons. The van der Waals surface area contributed by atoms with Crippen LogP contribution in [0.3, 0.4) is 0 Å². The van der Waals surface area contributed by atoms with E-state index in [1.807, 2.05) is 24.3 Å². The second-order valence-electron chi connectivity index (χ2n) is 9.43. The number of hydrogen-bond acceptors (Lipinski definition) is 5. The van der Waals surface area contributed by atoms with Gasteiger partial charge in [-0.15, -0.1) is 0 Å². The molecular weight excluding hydrogens is 434 g/mol. The van der Waals surface area contributed by atoms with Gasteiger partial charge in [-0.2, -0.15) is 0 Å². The van der Waals surface area contributed by atoms with E-state index in [2.05, 4.69) is 48.1 Å². The van der Waals surface area contributed by atoms with Crippen LogP contribution in [0.15, 0.2) is 48.5 Å². The number of hydrogen-bond donors (Lipinski definition) is 3. The van der Waals surface area contributed by atoms with Crippen molar-refractivity contribution in [2.75, 3.05) is 33.3 Å². The Balaban J connectivity index is 0.000000224. The fraction of sp³-hybridized carbons (Fsp3) is 0.556. The molecule has 0 radical (unpaired) electrons. The Morgan fingerprint density at radius 2 is 1.00 bits per heavy atom. The van der Waals surface area contributed by atoms with Crippen molar-refractivity contribution in [2.45, 2.75) is 65.0 Å². The molecule has 2 aliphatic heterocycles. The second kappa shape index (κ2) is 14.5. The number of piperazine rings is 2. The van der Waals surface area contributed by atoms with E-state index in [9.17, 15) is 8.78 Å². The maximum atomic E-state index is 12.8. The highest BCUT2D eigenvalue weighted by Crippen LogP contribution is 2.14. The molecule has 4 rings (SSSR count). The summed E-state index contributed by atoms with van der Waals surface area (Å²) in [5.41, 5.74) is 2.37.